The van der Waals surface area contributed by atoms with Crippen molar-refractivity contribution in [1.29, 1.82) is 0 Å². The van der Waals surface area contributed by atoms with Crippen molar-refractivity contribution >= 4 is 17.0 Å². The molecule has 0 aliphatic heterocycles. The molecule has 1 aliphatic carbocycles. The van der Waals surface area contributed by atoms with Crippen LogP contribution in [0.5, 0.6) is 0 Å². The molecule has 10 heteroatoms. The SMILES string of the molecule is COC(=O)c1ccc(-c2cn(CC3(F)CCC(F)(F)CC3)c3cc(-c4c(C)noc4C)cnc23)cn1. The molecule has 7 nitrogen and oxygen atoms in total. The Labute approximate surface area is 205 Å². The number of halogens is 3. The molecule has 0 bridgehead atoms. The summed E-state index contributed by atoms with van der Waals surface area (Å²) in [5, 5.41) is 4.01. The van der Waals surface area contributed by atoms with Gasteiger partial charge in [-0.15, -0.1) is 0 Å². The third kappa shape index (κ3) is 4.36. The summed E-state index contributed by atoms with van der Waals surface area (Å²) in [5.74, 6) is -2.75. The fourth-order valence-corrected chi connectivity index (χ4v) is 4.85. The number of rotatable bonds is 5. The number of aromatic nitrogens is 4. The molecule has 4 aromatic rings. The number of carbonyl (C=O) groups excluding carboxylic acids is 1. The molecule has 0 aromatic carbocycles. The summed E-state index contributed by atoms with van der Waals surface area (Å²) in [5.41, 5.74) is 3.25. The van der Waals surface area contributed by atoms with Crippen LogP contribution in [-0.2, 0) is 11.3 Å². The van der Waals surface area contributed by atoms with Crippen LogP contribution >= 0.6 is 0 Å². The average molecular weight is 499 g/mol. The van der Waals surface area contributed by atoms with Gasteiger partial charge in [0.2, 0.25) is 5.92 Å². The maximum Gasteiger partial charge on any atom is 0.356 e. The van der Waals surface area contributed by atoms with Gasteiger partial charge in [0.05, 0.1) is 30.4 Å². The number of carbonyl (C=O) groups is 1. The van der Waals surface area contributed by atoms with Gasteiger partial charge in [-0.25, -0.2) is 22.9 Å². The Hall–Kier alpha value is -3.69. The Balaban J connectivity index is 1.61. The van der Waals surface area contributed by atoms with E-state index >= 15 is 4.39 Å². The van der Waals surface area contributed by atoms with E-state index in [1.807, 2.05) is 13.0 Å². The van der Waals surface area contributed by atoms with Gasteiger partial charge in [-0.05, 0) is 38.8 Å². The van der Waals surface area contributed by atoms with Crippen molar-refractivity contribution in [3.8, 4) is 22.3 Å². The highest BCUT2D eigenvalue weighted by molar-refractivity contribution is 5.95. The van der Waals surface area contributed by atoms with Crippen LogP contribution < -0.4 is 0 Å². The van der Waals surface area contributed by atoms with E-state index in [-0.39, 0.29) is 25.1 Å². The Morgan fingerprint density at radius 1 is 1.08 bits per heavy atom. The van der Waals surface area contributed by atoms with Gasteiger partial charge in [0.25, 0.3) is 0 Å². The highest BCUT2D eigenvalue weighted by atomic mass is 19.3. The van der Waals surface area contributed by atoms with Crippen molar-refractivity contribution in [3.05, 3.63) is 53.9 Å². The summed E-state index contributed by atoms with van der Waals surface area (Å²) in [6.07, 6.45) is 3.60. The van der Waals surface area contributed by atoms with E-state index in [0.717, 1.165) is 11.1 Å². The van der Waals surface area contributed by atoms with E-state index in [0.29, 0.717) is 33.6 Å². The van der Waals surface area contributed by atoms with E-state index in [9.17, 15) is 13.6 Å². The Kier molecular flexibility index (Phi) is 5.84. The van der Waals surface area contributed by atoms with Crippen LogP contribution in [0.1, 0.15) is 47.6 Å². The largest absolute Gasteiger partial charge is 0.464 e. The van der Waals surface area contributed by atoms with Crippen LogP contribution in [-0.4, -0.2) is 44.4 Å². The van der Waals surface area contributed by atoms with Crippen molar-refractivity contribution in [3.63, 3.8) is 0 Å². The number of alkyl halides is 3. The second-order valence-corrected chi connectivity index (χ2v) is 9.39. The first-order chi connectivity index (χ1) is 17.1. The molecule has 0 spiro atoms. The number of methoxy groups -OCH3 is 1. The average Bonchev–Trinajstić information content (AvgIpc) is 3.39. The van der Waals surface area contributed by atoms with E-state index in [1.165, 1.54) is 13.3 Å². The molecule has 0 N–H and O–H groups in total. The molecule has 4 aromatic heterocycles. The van der Waals surface area contributed by atoms with Crippen LogP contribution in [0.3, 0.4) is 0 Å². The Morgan fingerprint density at radius 3 is 2.42 bits per heavy atom. The first kappa shape index (κ1) is 24.0. The van der Waals surface area contributed by atoms with E-state index in [1.54, 1.807) is 36.0 Å². The molecule has 0 unspecified atom stereocenters. The molecule has 4 heterocycles. The Bertz CT molecular complexity index is 1410. The molecule has 36 heavy (non-hydrogen) atoms. The predicted octanol–water partition coefficient (Wildman–Crippen LogP) is 6.07. The van der Waals surface area contributed by atoms with E-state index < -0.39 is 30.4 Å². The zero-order valence-electron chi connectivity index (χ0n) is 20.1. The van der Waals surface area contributed by atoms with E-state index in [4.69, 9.17) is 9.26 Å². The summed E-state index contributed by atoms with van der Waals surface area (Å²) >= 11 is 0. The van der Waals surface area contributed by atoms with Gasteiger partial charge in [0, 0.05) is 53.7 Å². The van der Waals surface area contributed by atoms with Crippen LogP contribution in [0.25, 0.3) is 33.3 Å². The van der Waals surface area contributed by atoms with Crippen LogP contribution in [0.15, 0.2) is 41.3 Å². The van der Waals surface area contributed by atoms with Gasteiger partial charge >= 0.3 is 5.97 Å². The van der Waals surface area contributed by atoms with Gasteiger partial charge in [-0.3, -0.25) is 4.98 Å². The lowest BCUT2D eigenvalue weighted by Gasteiger charge is -2.34. The van der Waals surface area contributed by atoms with Gasteiger partial charge in [-0.2, -0.15) is 0 Å². The monoisotopic (exact) mass is 498 g/mol. The van der Waals surface area contributed by atoms with Crippen LogP contribution in [0, 0.1) is 13.8 Å². The number of hydrogen-bond donors (Lipinski definition) is 0. The summed E-state index contributed by atoms with van der Waals surface area (Å²) in [6.45, 7) is 3.55. The second kappa shape index (κ2) is 8.76. The van der Waals surface area contributed by atoms with Crippen LogP contribution in [0.2, 0.25) is 0 Å². The number of hydrogen-bond acceptors (Lipinski definition) is 6. The fourth-order valence-electron chi connectivity index (χ4n) is 4.85. The number of pyridine rings is 2. The van der Waals surface area contributed by atoms with Crippen molar-refractivity contribution in [2.24, 2.45) is 0 Å². The first-order valence-electron chi connectivity index (χ1n) is 11.6. The zero-order valence-corrected chi connectivity index (χ0v) is 20.1. The predicted molar refractivity (Wildman–Crippen MR) is 127 cm³/mol. The molecular weight excluding hydrogens is 473 g/mol. The third-order valence-electron chi connectivity index (χ3n) is 6.84. The van der Waals surface area contributed by atoms with Gasteiger partial charge < -0.3 is 13.8 Å². The molecule has 1 fully saturated rings. The third-order valence-corrected chi connectivity index (χ3v) is 6.84. The quantitative estimate of drug-likeness (QED) is 0.311. The molecule has 5 rings (SSSR count). The summed E-state index contributed by atoms with van der Waals surface area (Å²) in [6, 6.07) is 5.15. The fraction of sp³-hybridized carbons (Fsp3) is 0.385. The zero-order chi connectivity index (χ0) is 25.7. The number of ether oxygens (including phenoxy) is 1. The van der Waals surface area contributed by atoms with Gasteiger partial charge in [0.15, 0.2) is 0 Å². The minimum Gasteiger partial charge on any atom is -0.464 e. The highest BCUT2D eigenvalue weighted by Crippen LogP contribution is 2.43. The van der Waals surface area contributed by atoms with Crippen LogP contribution in [0.4, 0.5) is 13.2 Å². The lowest BCUT2D eigenvalue weighted by atomic mass is 9.84. The molecule has 1 saturated carbocycles. The lowest BCUT2D eigenvalue weighted by molar-refractivity contribution is -0.0791. The minimum absolute atomic E-state index is 0.0833. The summed E-state index contributed by atoms with van der Waals surface area (Å²) < 4.78 is 55.0. The van der Waals surface area contributed by atoms with Crippen molar-refractivity contribution in [1.82, 2.24) is 19.7 Å². The molecule has 0 saturated heterocycles. The first-order valence-corrected chi connectivity index (χ1v) is 11.6. The highest BCUT2D eigenvalue weighted by Gasteiger charge is 2.44. The van der Waals surface area contributed by atoms with Gasteiger partial charge in [-0.1, -0.05) is 11.2 Å². The van der Waals surface area contributed by atoms with Crippen molar-refractivity contribution in [2.75, 3.05) is 7.11 Å². The van der Waals surface area contributed by atoms with Crippen molar-refractivity contribution in [2.45, 2.75) is 57.7 Å². The number of esters is 1. The molecule has 0 amide bonds. The molecule has 188 valence electrons. The maximum atomic E-state index is 15.8. The lowest BCUT2D eigenvalue weighted by Crippen LogP contribution is -2.38. The smallest absolute Gasteiger partial charge is 0.356 e. The Morgan fingerprint density at radius 2 is 1.81 bits per heavy atom. The standard InChI is InChI=1S/C26H25F3N4O3/c1-15-22(16(2)36-32-15)18-10-21-23(31-12-18)19(17-4-5-20(30-11-17)24(34)35-3)13-33(21)14-25(27)6-8-26(28,29)9-7-25/h4-5,10-13H,6-9,14H2,1-3H3. The minimum atomic E-state index is -2.83. The number of aryl methyl sites for hydroxylation is 2. The normalized spacial score (nSPS) is 16.8. The number of fused-ring (bicyclic) bond motifs is 1. The summed E-state index contributed by atoms with van der Waals surface area (Å²) in [4.78, 5) is 20.6. The topological polar surface area (TPSA) is 83.0 Å². The van der Waals surface area contributed by atoms with E-state index in [2.05, 4.69) is 15.1 Å². The number of nitrogens with zero attached hydrogens (tertiary/aromatic N) is 4. The molecular formula is C26H25F3N4O3. The molecule has 1 aliphatic rings. The maximum absolute atomic E-state index is 15.8. The molecule has 0 radical (unpaired) electrons. The second-order valence-electron chi connectivity index (χ2n) is 9.39. The molecule has 0 atom stereocenters. The summed E-state index contributed by atoms with van der Waals surface area (Å²) in [7, 11) is 1.28. The van der Waals surface area contributed by atoms with Gasteiger partial charge in [0.1, 0.15) is 17.1 Å². The van der Waals surface area contributed by atoms with Crippen molar-refractivity contribution < 1.29 is 27.2 Å².